The van der Waals surface area contributed by atoms with Gasteiger partial charge >= 0.3 is 0 Å². The third-order valence-corrected chi connectivity index (χ3v) is 5.51. The Morgan fingerprint density at radius 2 is 1.67 bits per heavy atom. The quantitative estimate of drug-likeness (QED) is 0.878. The summed E-state index contributed by atoms with van der Waals surface area (Å²) >= 11 is 0. The average Bonchev–Trinajstić information content (AvgIpc) is 2.47. The zero-order chi connectivity index (χ0) is 15.5. The molecule has 0 aromatic heterocycles. The maximum atomic E-state index is 11.3. The van der Waals surface area contributed by atoms with Gasteiger partial charge in [0.25, 0.3) is 0 Å². The molecule has 4 nitrogen and oxygen atoms in total. The lowest BCUT2D eigenvalue weighted by atomic mass is 9.84. The molecule has 0 heterocycles. The fourth-order valence-corrected chi connectivity index (χ4v) is 3.72. The second-order valence-corrected chi connectivity index (χ2v) is 7.75. The predicted octanol–water partition coefficient (Wildman–Crippen LogP) is 2.95. The fourth-order valence-electron chi connectivity index (χ4n) is 3.21. The third-order valence-electron chi connectivity index (χ3n) is 4.58. The Bertz CT molecular complexity index is 548. The molecular weight excluding hydrogens is 284 g/mol. The first-order chi connectivity index (χ1) is 9.88. The molecule has 0 radical (unpaired) electrons. The molecule has 1 fully saturated rings. The monoisotopic (exact) mass is 310 g/mol. The summed E-state index contributed by atoms with van der Waals surface area (Å²) in [6.07, 6.45) is 6.67. The van der Waals surface area contributed by atoms with E-state index in [0.717, 1.165) is 11.5 Å². The summed E-state index contributed by atoms with van der Waals surface area (Å²) < 4.78 is 22.5. The number of primary sulfonamides is 1. The minimum atomic E-state index is -3.61. The van der Waals surface area contributed by atoms with Crippen molar-refractivity contribution in [1.82, 2.24) is 5.32 Å². The van der Waals surface area contributed by atoms with Gasteiger partial charge in [-0.2, -0.15) is 0 Å². The molecule has 21 heavy (non-hydrogen) atoms. The Balaban J connectivity index is 1.97. The van der Waals surface area contributed by atoms with Gasteiger partial charge in [-0.1, -0.05) is 31.4 Å². The van der Waals surface area contributed by atoms with Crippen molar-refractivity contribution in [2.24, 2.45) is 11.1 Å². The Labute approximate surface area is 128 Å². The maximum Gasteiger partial charge on any atom is 0.238 e. The summed E-state index contributed by atoms with van der Waals surface area (Å²) in [7, 11) is -3.61. The third kappa shape index (κ3) is 4.53. The van der Waals surface area contributed by atoms with Gasteiger partial charge in [0.05, 0.1) is 4.90 Å². The van der Waals surface area contributed by atoms with Gasteiger partial charge in [0, 0.05) is 12.1 Å². The number of sulfonamides is 1. The largest absolute Gasteiger partial charge is 0.307 e. The van der Waals surface area contributed by atoms with Gasteiger partial charge in [0.15, 0.2) is 0 Å². The molecule has 1 aromatic carbocycles. The van der Waals surface area contributed by atoms with E-state index in [1.165, 1.54) is 32.1 Å². The molecule has 118 valence electrons. The molecule has 2 unspecified atom stereocenters. The highest BCUT2D eigenvalue weighted by Crippen LogP contribution is 2.27. The van der Waals surface area contributed by atoms with Gasteiger partial charge in [-0.05, 0) is 50.3 Å². The lowest BCUT2D eigenvalue weighted by Gasteiger charge is -2.30. The van der Waals surface area contributed by atoms with Gasteiger partial charge in [-0.25, -0.2) is 13.6 Å². The van der Waals surface area contributed by atoms with Crippen LogP contribution in [0.1, 0.15) is 57.6 Å². The molecule has 2 rings (SSSR count). The summed E-state index contributed by atoms with van der Waals surface area (Å²) in [5, 5.41) is 8.76. The molecule has 0 spiro atoms. The van der Waals surface area contributed by atoms with E-state index in [-0.39, 0.29) is 10.9 Å². The first-order valence-corrected chi connectivity index (χ1v) is 9.31. The summed E-state index contributed by atoms with van der Waals surface area (Å²) in [6, 6.07) is 7.52. The van der Waals surface area contributed by atoms with Gasteiger partial charge in [0.2, 0.25) is 10.0 Å². The van der Waals surface area contributed by atoms with E-state index in [2.05, 4.69) is 19.2 Å². The zero-order valence-electron chi connectivity index (χ0n) is 12.9. The zero-order valence-corrected chi connectivity index (χ0v) is 13.7. The standard InChI is InChI=1S/C16H26N2O2S/c1-12(14-6-4-3-5-7-14)18-13(2)15-8-10-16(11-9-15)21(17,19)20/h8-14,18H,3-7H2,1-2H3,(H2,17,19,20). The minimum Gasteiger partial charge on any atom is -0.307 e. The highest BCUT2D eigenvalue weighted by molar-refractivity contribution is 7.89. The van der Waals surface area contributed by atoms with Crippen molar-refractivity contribution in [3.8, 4) is 0 Å². The summed E-state index contributed by atoms with van der Waals surface area (Å²) in [5.41, 5.74) is 1.09. The van der Waals surface area contributed by atoms with E-state index in [0.29, 0.717) is 6.04 Å². The highest BCUT2D eigenvalue weighted by Gasteiger charge is 2.21. The van der Waals surface area contributed by atoms with Gasteiger partial charge in [-0.15, -0.1) is 0 Å². The van der Waals surface area contributed by atoms with E-state index in [1.807, 2.05) is 12.1 Å². The Hall–Kier alpha value is -0.910. The first-order valence-electron chi connectivity index (χ1n) is 7.77. The molecule has 1 aromatic rings. The molecule has 2 atom stereocenters. The fraction of sp³-hybridized carbons (Fsp3) is 0.625. The number of nitrogens with one attached hydrogen (secondary N) is 1. The molecule has 0 amide bonds. The molecule has 5 heteroatoms. The van der Waals surface area contributed by atoms with Crippen LogP contribution in [0.3, 0.4) is 0 Å². The summed E-state index contributed by atoms with van der Waals surface area (Å²) in [4.78, 5) is 0.166. The van der Waals surface area contributed by atoms with E-state index >= 15 is 0 Å². The number of hydrogen-bond acceptors (Lipinski definition) is 3. The van der Waals surface area contributed by atoms with Crippen LogP contribution < -0.4 is 10.5 Å². The molecular formula is C16H26N2O2S. The van der Waals surface area contributed by atoms with Crippen molar-refractivity contribution in [3.05, 3.63) is 29.8 Å². The van der Waals surface area contributed by atoms with Crippen LogP contribution >= 0.6 is 0 Å². The predicted molar refractivity (Wildman–Crippen MR) is 85.4 cm³/mol. The lowest BCUT2D eigenvalue weighted by molar-refractivity contribution is 0.268. The Kier molecular flexibility index (Phi) is 5.41. The summed E-state index contributed by atoms with van der Waals surface area (Å²) in [6.45, 7) is 4.37. The minimum absolute atomic E-state index is 0.166. The molecule has 1 saturated carbocycles. The van der Waals surface area contributed by atoms with Crippen LogP contribution in [0, 0.1) is 5.92 Å². The smallest absolute Gasteiger partial charge is 0.238 e. The van der Waals surface area contributed by atoms with Crippen LogP contribution in [0.2, 0.25) is 0 Å². The second kappa shape index (κ2) is 6.90. The number of nitrogens with two attached hydrogens (primary N) is 1. The van der Waals surface area contributed by atoms with Crippen molar-refractivity contribution in [2.45, 2.75) is 62.9 Å². The van der Waals surface area contributed by atoms with Crippen molar-refractivity contribution in [2.75, 3.05) is 0 Å². The van der Waals surface area contributed by atoms with Gasteiger partial charge < -0.3 is 5.32 Å². The SMILES string of the molecule is CC(NC(C)C1CCCCC1)c1ccc(S(N)(=O)=O)cc1. The van der Waals surface area contributed by atoms with Crippen molar-refractivity contribution in [1.29, 1.82) is 0 Å². The van der Waals surface area contributed by atoms with Crippen LogP contribution in [0.15, 0.2) is 29.2 Å². The second-order valence-electron chi connectivity index (χ2n) is 6.19. The average molecular weight is 310 g/mol. The lowest BCUT2D eigenvalue weighted by Crippen LogP contribution is -2.36. The van der Waals surface area contributed by atoms with Crippen LogP contribution in [0.25, 0.3) is 0 Å². The van der Waals surface area contributed by atoms with Crippen molar-refractivity contribution >= 4 is 10.0 Å². The number of benzene rings is 1. The molecule has 0 bridgehead atoms. The van der Waals surface area contributed by atoms with E-state index in [4.69, 9.17) is 5.14 Å². The van der Waals surface area contributed by atoms with Crippen LogP contribution in [0.4, 0.5) is 0 Å². The van der Waals surface area contributed by atoms with Gasteiger partial charge in [0.1, 0.15) is 0 Å². The van der Waals surface area contributed by atoms with E-state index < -0.39 is 10.0 Å². The molecule has 3 N–H and O–H groups in total. The van der Waals surface area contributed by atoms with Crippen molar-refractivity contribution < 1.29 is 8.42 Å². The maximum absolute atomic E-state index is 11.3. The Morgan fingerprint density at radius 1 is 1.10 bits per heavy atom. The van der Waals surface area contributed by atoms with Crippen LogP contribution in [-0.2, 0) is 10.0 Å². The number of rotatable bonds is 5. The molecule has 1 aliphatic rings. The van der Waals surface area contributed by atoms with Gasteiger partial charge in [-0.3, -0.25) is 0 Å². The normalized spacial score (nSPS) is 20.1. The highest BCUT2D eigenvalue weighted by atomic mass is 32.2. The van der Waals surface area contributed by atoms with Crippen molar-refractivity contribution in [3.63, 3.8) is 0 Å². The van der Waals surface area contributed by atoms with E-state index in [9.17, 15) is 8.42 Å². The van der Waals surface area contributed by atoms with E-state index in [1.54, 1.807) is 12.1 Å². The number of hydrogen-bond donors (Lipinski definition) is 2. The van der Waals surface area contributed by atoms with Crippen LogP contribution in [-0.4, -0.2) is 14.5 Å². The summed E-state index contributed by atoms with van der Waals surface area (Å²) in [5.74, 6) is 0.755. The first kappa shape index (κ1) is 16.5. The Morgan fingerprint density at radius 3 is 2.19 bits per heavy atom. The topological polar surface area (TPSA) is 72.2 Å². The molecule has 0 saturated heterocycles. The van der Waals surface area contributed by atoms with Crippen LogP contribution in [0.5, 0.6) is 0 Å². The molecule has 1 aliphatic carbocycles. The molecule has 0 aliphatic heterocycles.